The normalized spacial score (nSPS) is 16.8. The van der Waals surface area contributed by atoms with E-state index in [0.29, 0.717) is 16.9 Å². The van der Waals surface area contributed by atoms with Gasteiger partial charge in [-0.3, -0.25) is 4.90 Å². The van der Waals surface area contributed by atoms with Crippen LogP contribution < -0.4 is 15.4 Å². The van der Waals surface area contributed by atoms with Gasteiger partial charge in [-0.05, 0) is 79.6 Å². The molecule has 0 radical (unpaired) electrons. The summed E-state index contributed by atoms with van der Waals surface area (Å²) in [6.07, 6.45) is 6.31. The van der Waals surface area contributed by atoms with E-state index in [4.69, 9.17) is 15.2 Å². The fraction of sp³-hybridized carbons (Fsp3) is 0.333. The highest BCUT2D eigenvalue weighted by molar-refractivity contribution is 7.90. The van der Waals surface area contributed by atoms with Gasteiger partial charge in [-0.25, -0.2) is 22.2 Å². The van der Waals surface area contributed by atoms with Crippen molar-refractivity contribution in [2.45, 2.75) is 44.9 Å². The number of anilines is 2. The second kappa shape index (κ2) is 13.8. The lowest BCUT2D eigenvalue weighted by Gasteiger charge is -2.39. The number of nitrogens with zero attached hydrogens (tertiary/aromatic N) is 4. The van der Waals surface area contributed by atoms with Crippen LogP contribution in [0, 0.1) is 12.3 Å². The number of esters is 1. The van der Waals surface area contributed by atoms with Crippen LogP contribution in [0.1, 0.15) is 53.9 Å². The van der Waals surface area contributed by atoms with Gasteiger partial charge in [0.15, 0.2) is 5.65 Å². The molecule has 4 heterocycles. The van der Waals surface area contributed by atoms with E-state index in [9.17, 15) is 13.2 Å². The minimum absolute atomic E-state index is 0.178. The number of pyridine rings is 1. The van der Waals surface area contributed by atoms with Crippen molar-refractivity contribution >= 4 is 55.3 Å². The number of ether oxygens (including phenoxy) is 2. The summed E-state index contributed by atoms with van der Waals surface area (Å²) in [5, 5.41) is 2.62. The van der Waals surface area contributed by atoms with E-state index >= 15 is 0 Å². The number of methoxy groups -OCH3 is 1. The van der Waals surface area contributed by atoms with E-state index in [1.165, 1.54) is 45.9 Å². The SMILES string of the molecule is COC(=O)c1ccc(N2CCN(CC3=C(c4cc(N)cs4)CC(C)(C)CC3)CC2)cc1Oc1cnc2c(ccn2S(=O)(=O)c2ccc(C)cc2)c1. The Hall–Kier alpha value is -4.65. The van der Waals surface area contributed by atoms with Gasteiger partial charge in [0, 0.05) is 72.0 Å². The van der Waals surface area contributed by atoms with Gasteiger partial charge in [0.05, 0.1) is 18.2 Å². The van der Waals surface area contributed by atoms with Gasteiger partial charge in [-0.1, -0.05) is 37.1 Å². The first-order chi connectivity index (χ1) is 24.4. The Labute approximate surface area is 303 Å². The molecule has 266 valence electrons. The maximum atomic E-state index is 13.4. The molecule has 0 amide bonds. The van der Waals surface area contributed by atoms with E-state index in [0.717, 1.165) is 62.5 Å². The quantitative estimate of drug-likeness (QED) is 0.153. The fourth-order valence-electron chi connectivity index (χ4n) is 6.96. The lowest BCUT2D eigenvalue weighted by atomic mass is 9.74. The molecule has 0 spiro atoms. The van der Waals surface area contributed by atoms with Crippen molar-refractivity contribution in [3.8, 4) is 11.5 Å². The molecule has 3 aromatic heterocycles. The molecule has 0 atom stereocenters. The number of carbonyl (C=O) groups excluding carboxylic acids is 1. The minimum atomic E-state index is -3.85. The number of hydrogen-bond donors (Lipinski definition) is 1. The standard InChI is InChI=1S/C39H43N5O5S2/c1-26-5-8-32(9-6-26)51(46,47)44-14-12-27-19-31(23-41-37(27)44)49-35-21-30(7-10-33(35)38(45)48-4)43-17-15-42(16-18-43)24-28-11-13-39(2,3)22-34(28)36-20-29(40)25-50-36/h5-10,12,14,19-21,23,25H,11,13,15-18,22,24,40H2,1-4H3. The zero-order valence-electron chi connectivity index (χ0n) is 29.4. The smallest absolute Gasteiger partial charge is 0.341 e. The molecule has 51 heavy (non-hydrogen) atoms. The number of piperazine rings is 1. The number of aromatic nitrogens is 2. The molecular weight excluding hydrogens is 683 g/mol. The number of rotatable bonds is 9. The van der Waals surface area contributed by atoms with Gasteiger partial charge < -0.3 is 20.1 Å². The third-order valence-corrected chi connectivity index (χ3v) is 12.6. The first-order valence-corrected chi connectivity index (χ1v) is 19.4. The van der Waals surface area contributed by atoms with Crippen LogP contribution in [0.4, 0.5) is 11.4 Å². The summed E-state index contributed by atoms with van der Waals surface area (Å²) in [7, 11) is -2.51. The molecule has 2 aromatic carbocycles. The predicted octanol–water partition coefficient (Wildman–Crippen LogP) is 7.59. The van der Waals surface area contributed by atoms with Gasteiger partial charge in [0.25, 0.3) is 10.0 Å². The van der Waals surface area contributed by atoms with Crippen LogP contribution in [0.3, 0.4) is 0 Å². The molecule has 0 unspecified atom stereocenters. The van der Waals surface area contributed by atoms with E-state index < -0.39 is 16.0 Å². The maximum Gasteiger partial charge on any atom is 0.341 e. The highest BCUT2D eigenvalue weighted by Gasteiger charge is 2.30. The second-order valence-corrected chi connectivity index (χ2v) is 16.9. The number of carbonyl (C=O) groups is 1. The average Bonchev–Trinajstić information content (AvgIpc) is 3.75. The largest absolute Gasteiger partial charge is 0.465 e. The lowest BCUT2D eigenvalue weighted by molar-refractivity contribution is 0.0598. The Morgan fingerprint density at radius 1 is 1.02 bits per heavy atom. The molecule has 2 N–H and O–H groups in total. The van der Waals surface area contributed by atoms with Crippen LogP contribution in [0.5, 0.6) is 11.5 Å². The highest BCUT2D eigenvalue weighted by atomic mass is 32.2. The Morgan fingerprint density at radius 2 is 1.78 bits per heavy atom. The van der Waals surface area contributed by atoms with E-state index in [1.807, 2.05) is 24.4 Å². The summed E-state index contributed by atoms with van der Waals surface area (Å²) in [5.41, 5.74) is 12.7. The van der Waals surface area contributed by atoms with Crippen LogP contribution in [0.25, 0.3) is 16.6 Å². The van der Waals surface area contributed by atoms with Crippen LogP contribution in [0.2, 0.25) is 0 Å². The first-order valence-electron chi connectivity index (χ1n) is 17.1. The van der Waals surface area contributed by atoms with Gasteiger partial charge in [0.2, 0.25) is 0 Å². The Morgan fingerprint density at radius 3 is 2.49 bits per heavy atom. The molecule has 5 aromatic rings. The summed E-state index contributed by atoms with van der Waals surface area (Å²) >= 11 is 1.75. The van der Waals surface area contributed by atoms with E-state index in [2.05, 4.69) is 34.7 Å². The van der Waals surface area contributed by atoms with Gasteiger partial charge >= 0.3 is 5.97 Å². The maximum absolute atomic E-state index is 13.4. The number of aryl methyl sites for hydroxylation is 1. The third-order valence-electron chi connectivity index (χ3n) is 9.90. The van der Waals surface area contributed by atoms with Crippen molar-refractivity contribution in [3.63, 3.8) is 0 Å². The predicted molar refractivity (Wildman–Crippen MR) is 203 cm³/mol. The van der Waals surface area contributed by atoms with Crippen molar-refractivity contribution in [1.29, 1.82) is 0 Å². The summed E-state index contributed by atoms with van der Waals surface area (Å²) in [6.45, 7) is 11.0. The minimum Gasteiger partial charge on any atom is -0.465 e. The topological polar surface area (TPSA) is 120 Å². The molecule has 1 saturated heterocycles. The van der Waals surface area contributed by atoms with Crippen LogP contribution >= 0.6 is 11.3 Å². The number of benzene rings is 2. The van der Waals surface area contributed by atoms with Gasteiger partial charge in [-0.2, -0.15) is 0 Å². The van der Waals surface area contributed by atoms with Crippen LogP contribution in [0.15, 0.2) is 88.9 Å². The number of nitrogens with two attached hydrogens (primary N) is 1. The van der Waals surface area contributed by atoms with Crippen molar-refractivity contribution in [1.82, 2.24) is 13.9 Å². The van der Waals surface area contributed by atoms with Crippen LogP contribution in [-0.2, 0) is 14.8 Å². The van der Waals surface area contributed by atoms with Gasteiger partial charge in [0.1, 0.15) is 17.1 Å². The zero-order valence-corrected chi connectivity index (χ0v) is 31.0. The number of fused-ring (bicyclic) bond motifs is 1. The number of hydrogen-bond acceptors (Lipinski definition) is 10. The number of allylic oxidation sites excluding steroid dienone is 1. The second-order valence-electron chi connectivity index (χ2n) is 14.2. The van der Waals surface area contributed by atoms with Gasteiger partial charge in [-0.15, -0.1) is 11.3 Å². The third kappa shape index (κ3) is 7.26. The van der Waals surface area contributed by atoms with Crippen molar-refractivity contribution in [2.24, 2.45) is 5.41 Å². The molecule has 1 aliphatic carbocycles. The first kappa shape index (κ1) is 34.8. The van der Waals surface area contributed by atoms with Crippen molar-refractivity contribution in [3.05, 3.63) is 100 Å². The molecular formula is C39H43N5O5S2. The van der Waals surface area contributed by atoms with E-state index in [-0.39, 0.29) is 21.5 Å². The Balaban J connectivity index is 1.08. The fourth-order valence-corrected chi connectivity index (χ4v) is 9.16. The molecule has 0 saturated carbocycles. The summed E-state index contributed by atoms with van der Waals surface area (Å²) in [6, 6.07) is 17.7. The molecule has 2 aliphatic rings. The summed E-state index contributed by atoms with van der Waals surface area (Å²) < 4.78 is 39.3. The molecule has 0 bridgehead atoms. The Kier molecular flexibility index (Phi) is 9.42. The van der Waals surface area contributed by atoms with Crippen LogP contribution in [-0.4, -0.2) is 68.1 Å². The molecule has 12 heteroatoms. The molecule has 1 fully saturated rings. The monoisotopic (exact) mass is 725 g/mol. The highest BCUT2D eigenvalue weighted by Crippen LogP contribution is 2.45. The van der Waals surface area contributed by atoms with E-state index in [1.54, 1.807) is 53.8 Å². The summed E-state index contributed by atoms with van der Waals surface area (Å²) in [4.78, 5) is 23.6. The number of thiophene rings is 1. The molecule has 1 aliphatic heterocycles. The number of nitrogen functional groups attached to an aromatic ring is 1. The van der Waals surface area contributed by atoms with Crippen molar-refractivity contribution < 1.29 is 22.7 Å². The Bertz CT molecular complexity index is 2230. The zero-order chi connectivity index (χ0) is 35.9. The average molecular weight is 726 g/mol. The summed E-state index contributed by atoms with van der Waals surface area (Å²) in [5.74, 6) is 0.190. The van der Waals surface area contributed by atoms with Crippen molar-refractivity contribution in [2.75, 3.05) is 50.5 Å². The molecule has 7 rings (SSSR count). The lowest BCUT2D eigenvalue weighted by Crippen LogP contribution is -2.47. The molecule has 10 nitrogen and oxygen atoms in total.